The van der Waals surface area contributed by atoms with Gasteiger partial charge >= 0.3 is 6.03 Å². The van der Waals surface area contributed by atoms with Crippen LogP contribution in [0, 0.1) is 0 Å². The van der Waals surface area contributed by atoms with E-state index in [0.29, 0.717) is 42.2 Å². The van der Waals surface area contributed by atoms with Crippen molar-refractivity contribution in [3.8, 4) is 0 Å². The largest absolute Gasteiger partial charge is 0.748 e. The van der Waals surface area contributed by atoms with Gasteiger partial charge in [0.05, 0.1) is 48.9 Å². The van der Waals surface area contributed by atoms with Crippen LogP contribution in [-0.4, -0.2) is 98.0 Å². The average molecular weight is 494 g/mol. The molecule has 5 N–H and O–H groups in total. The molecule has 0 aromatic rings. The maximum atomic E-state index is 12.1. The fourth-order valence-electron chi connectivity index (χ4n) is 4.48. The summed E-state index contributed by atoms with van der Waals surface area (Å²) in [6.45, 7) is 3.36. The number of rotatable bonds is 16. The van der Waals surface area contributed by atoms with Crippen LogP contribution in [0.3, 0.4) is 0 Å². The van der Waals surface area contributed by atoms with Gasteiger partial charge in [-0.05, 0) is 19.4 Å². The van der Waals surface area contributed by atoms with E-state index in [1.54, 1.807) is 0 Å². The minimum absolute atomic E-state index is 0.0476. The molecule has 2 fully saturated rings. The Morgan fingerprint density at radius 1 is 1.19 bits per heavy atom. The van der Waals surface area contributed by atoms with Gasteiger partial charge in [0.2, 0.25) is 5.91 Å². The Morgan fingerprint density at radius 2 is 1.91 bits per heavy atom. The molecule has 3 amide bonds. The topological polar surface area (TPSA) is 153 Å². The summed E-state index contributed by atoms with van der Waals surface area (Å²) < 4.78 is 33.2. The lowest BCUT2D eigenvalue weighted by atomic mass is 10.0. The molecule has 2 rings (SSSR count). The van der Waals surface area contributed by atoms with Gasteiger partial charge in [-0.3, -0.25) is 4.79 Å². The van der Waals surface area contributed by atoms with E-state index in [9.17, 15) is 22.6 Å². The van der Waals surface area contributed by atoms with Gasteiger partial charge in [-0.1, -0.05) is 6.42 Å². The second-order valence-electron chi connectivity index (χ2n) is 9.12. The van der Waals surface area contributed by atoms with E-state index in [1.807, 2.05) is 18.8 Å². The molecule has 0 aromatic carbocycles. The van der Waals surface area contributed by atoms with Crippen LogP contribution < -0.4 is 21.7 Å². The summed E-state index contributed by atoms with van der Waals surface area (Å²) >= 11 is 1.89. The molecule has 2 heterocycles. The second-order valence-corrected chi connectivity index (χ2v) is 11.9. The van der Waals surface area contributed by atoms with Crippen molar-refractivity contribution in [2.45, 2.75) is 62.3 Å². The minimum Gasteiger partial charge on any atom is -0.748 e. The molecular weight excluding hydrogens is 454 g/mol. The average Bonchev–Trinajstić information content (AvgIpc) is 3.25. The number of hydrogen-bond donors (Lipinski definition) is 4. The molecule has 2 saturated heterocycles. The zero-order chi connectivity index (χ0) is 23.6. The van der Waals surface area contributed by atoms with Crippen LogP contribution in [0.2, 0.25) is 0 Å². The molecule has 0 bridgehead atoms. The Labute approximate surface area is 196 Å². The van der Waals surface area contributed by atoms with Gasteiger partial charge in [0.25, 0.3) is 0 Å². The number of unbranched alkanes of at least 4 members (excludes halogenated alkanes) is 1. The van der Waals surface area contributed by atoms with Crippen molar-refractivity contribution in [1.29, 1.82) is 0 Å². The van der Waals surface area contributed by atoms with E-state index in [2.05, 4.69) is 16.0 Å². The highest BCUT2D eigenvalue weighted by Crippen LogP contribution is 2.33. The lowest BCUT2D eigenvalue weighted by Gasteiger charge is -2.35. The van der Waals surface area contributed by atoms with Crippen LogP contribution in [0.5, 0.6) is 0 Å². The molecular formula is C20H39N5O5S2. The Kier molecular flexibility index (Phi) is 11.0. The van der Waals surface area contributed by atoms with Crippen molar-refractivity contribution < 1.29 is 27.0 Å². The lowest BCUT2D eigenvalue weighted by Crippen LogP contribution is -2.48. The monoisotopic (exact) mass is 493 g/mol. The van der Waals surface area contributed by atoms with Crippen molar-refractivity contribution in [3.05, 3.63) is 0 Å². The maximum Gasteiger partial charge on any atom is 0.315 e. The summed E-state index contributed by atoms with van der Waals surface area (Å²) in [6, 6.07) is 0.374. The standard InChI is InChI=1S/C20H39N5O5S2/c1-25(11-4-9-21,13-6-14-32(28,29)30)12-5-10-22-18(26)8-3-2-7-17-19-16(15-31-17)23-20(27)24-19/h16-17,19H,2-15,21H2,1H3,(H3-,22,23,24,26,27,28,29,30). The zero-order valence-corrected chi connectivity index (χ0v) is 20.6. The molecule has 0 saturated carbocycles. The zero-order valence-electron chi connectivity index (χ0n) is 19.0. The highest BCUT2D eigenvalue weighted by Gasteiger charge is 2.42. The van der Waals surface area contributed by atoms with Crippen molar-refractivity contribution in [3.63, 3.8) is 0 Å². The highest BCUT2D eigenvalue weighted by molar-refractivity contribution is 8.00. The first-order valence-electron chi connectivity index (χ1n) is 11.5. The molecule has 10 nitrogen and oxygen atoms in total. The number of hydrogen-bond acceptors (Lipinski definition) is 7. The molecule has 0 spiro atoms. The third kappa shape index (κ3) is 9.82. The van der Waals surface area contributed by atoms with Gasteiger partial charge in [0.15, 0.2) is 0 Å². The maximum absolute atomic E-state index is 12.1. The van der Waals surface area contributed by atoms with E-state index in [-0.39, 0.29) is 29.8 Å². The van der Waals surface area contributed by atoms with E-state index in [4.69, 9.17) is 5.73 Å². The number of urea groups is 1. The molecule has 0 aromatic heterocycles. The number of quaternary nitrogens is 1. The summed E-state index contributed by atoms with van der Waals surface area (Å²) in [5.74, 6) is 0.653. The number of nitrogens with one attached hydrogen (secondary N) is 3. The Balaban J connectivity index is 1.57. The number of fused-ring (bicyclic) bond motifs is 1. The Hall–Kier alpha value is -1.08. The third-order valence-electron chi connectivity index (χ3n) is 6.27. The third-order valence-corrected chi connectivity index (χ3v) is 8.57. The van der Waals surface area contributed by atoms with Gasteiger partial charge in [0, 0.05) is 49.0 Å². The van der Waals surface area contributed by atoms with E-state index >= 15 is 0 Å². The molecule has 0 radical (unpaired) electrons. The molecule has 4 atom stereocenters. The molecule has 2 aliphatic heterocycles. The molecule has 4 unspecified atom stereocenters. The first-order valence-corrected chi connectivity index (χ1v) is 14.2. The number of thioether (sulfide) groups is 1. The summed E-state index contributed by atoms with van der Waals surface area (Å²) in [7, 11) is -2.15. The van der Waals surface area contributed by atoms with Crippen LogP contribution in [-0.2, 0) is 14.9 Å². The van der Waals surface area contributed by atoms with Crippen molar-refractivity contribution in [1.82, 2.24) is 16.0 Å². The first-order chi connectivity index (χ1) is 15.1. The van der Waals surface area contributed by atoms with Gasteiger partial charge in [-0.2, -0.15) is 11.8 Å². The highest BCUT2D eigenvalue weighted by atomic mass is 32.2. The number of nitrogens with zero attached hydrogens (tertiary/aromatic N) is 1. The molecule has 32 heavy (non-hydrogen) atoms. The van der Waals surface area contributed by atoms with Crippen LogP contribution in [0.4, 0.5) is 4.79 Å². The predicted octanol–water partition coefficient (Wildman–Crippen LogP) is -0.0508. The molecule has 186 valence electrons. The fourth-order valence-corrected chi connectivity index (χ4v) is 6.51. The molecule has 2 aliphatic rings. The summed E-state index contributed by atoms with van der Waals surface area (Å²) in [5.41, 5.74) is 5.62. The first kappa shape index (κ1) is 27.2. The normalized spacial score (nSPS) is 24.5. The summed E-state index contributed by atoms with van der Waals surface area (Å²) in [5, 5.41) is 9.32. The van der Waals surface area contributed by atoms with E-state index in [0.717, 1.165) is 50.9 Å². The number of nitrogens with two attached hydrogens (primary N) is 1. The number of carbonyl (C=O) groups is 2. The molecule has 12 heteroatoms. The van der Waals surface area contributed by atoms with Crippen molar-refractivity contribution in [2.75, 3.05) is 51.3 Å². The van der Waals surface area contributed by atoms with Gasteiger partial charge < -0.3 is 30.7 Å². The lowest BCUT2D eigenvalue weighted by molar-refractivity contribution is -0.909. The number of carbonyl (C=O) groups excluding carboxylic acids is 2. The van der Waals surface area contributed by atoms with Crippen LogP contribution in [0.15, 0.2) is 0 Å². The van der Waals surface area contributed by atoms with Gasteiger partial charge in [-0.15, -0.1) is 0 Å². The van der Waals surface area contributed by atoms with Gasteiger partial charge in [0.1, 0.15) is 0 Å². The van der Waals surface area contributed by atoms with Crippen LogP contribution >= 0.6 is 11.8 Å². The predicted molar refractivity (Wildman–Crippen MR) is 125 cm³/mol. The van der Waals surface area contributed by atoms with Crippen LogP contribution in [0.1, 0.15) is 44.9 Å². The van der Waals surface area contributed by atoms with Crippen LogP contribution in [0.25, 0.3) is 0 Å². The number of amides is 3. The summed E-state index contributed by atoms with van der Waals surface area (Å²) in [6.07, 6.45) is 5.23. The Bertz CT molecular complexity index is 723. The SMILES string of the molecule is C[N+](CCCN)(CCCNC(=O)CCCCC1SCC2NC(=O)NC21)CCCS(=O)(=O)[O-]. The minimum atomic E-state index is -4.19. The second kappa shape index (κ2) is 13.0. The fraction of sp³-hybridized carbons (Fsp3) is 0.900. The Morgan fingerprint density at radius 3 is 2.62 bits per heavy atom. The smallest absolute Gasteiger partial charge is 0.315 e. The summed E-state index contributed by atoms with van der Waals surface area (Å²) in [4.78, 5) is 23.6. The van der Waals surface area contributed by atoms with Gasteiger partial charge in [-0.25, -0.2) is 13.2 Å². The van der Waals surface area contributed by atoms with Crippen molar-refractivity contribution >= 4 is 33.8 Å². The van der Waals surface area contributed by atoms with E-state index in [1.165, 1.54) is 0 Å². The van der Waals surface area contributed by atoms with Crippen molar-refractivity contribution in [2.24, 2.45) is 5.73 Å². The quantitative estimate of drug-likeness (QED) is 0.102. The molecule has 0 aliphatic carbocycles. The van der Waals surface area contributed by atoms with E-state index < -0.39 is 10.1 Å².